The van der Waals surface area contributed by atoms with E-state index in [1.54, 1.807) is 24.3 Å². The van der Waals surface area contributed by atoms with Gasteiger partial charge in [0, 0.05) is 17.3 Å². The van der Waals surface area contributed by atoms with Crippen molar-refractivity contribution in [1.82, 2.24) is 0 Å². The van der Waals surface area contributed by atoms with E-state index in [2.05, 4.69) is 10.1 Å². The quantitative estimate of drug-likeness (QED) is 0.759. The number of aliphatic hydroxyl groups excluding tert-OH is 1. The highest BCUT2D eigenvalue weighted by Crippen LogP contribution is 2.28. The summed E-state index contributed by atoms with van der Waals surface area (Å²) in [6.07, 6.45) is -4.70. The topological polar surface area (TPSA) is 50.7 Å². The average Bonchev–Trinajstić information content (AvgIpc) is 2.55. The fourth-order valence-corrected chi connectivity index (χ4v) is 2.38. The van der Waals surface area contributed by atoms with E-state index in [9.17, 15) is 18.3 Å². The third-order valence-electron chi connectivity index (χ3n) is 3.53. The van der Waals surface area contributed by atoms with Gasteiger partial charge in [-0.2, -0.15) is 0 Å². The summed E-state index contributed by atoms with van der Waals surface area (Å²) in [5.74, 6) is 0.365. The molecule has 7 heteroatoms. The average molecular weight is 355 g/mol. The largest absolute Gasteiger partial charge is 0.573 e. The van der Waals surface area contributed by atoms with Gasteiger partial charge >= 0.3 is 6.36 Å². The van der Waals surface area contributed by atoms with E-state index >= 15 is 0 Å². The lowest BCUT2D eigenvalue weighted by molar-refractivity contribution is -0.274. The van der Waals surface area contributed by atoms with E-state index in [1.807, 2.05) is 19.9 Å². The second kappa shape index (κ2) is 8.11. The summed E-state index contributed by atoms with van der Waals surface area (Å²) >= 11 is 0. The van der Waals surface area contributed by atoms with Crippen molar-refractivity contribution in [3.8, 4) is 11.5 Å². The third kappa shape index (κ3) is 5.56. The maximum Gasteiger partial charge on any atom is 0.573 e. The lowest BCUT2D eigenvalue weighted by Crippen LogP contribution is -2.17. The molecule has 0 aliphatic rings. The number of anilines is 1. The molecule has 0 spiro atoms. The van der Waals surface area contributed by atoms with Gasteiger partial charge in [-0.1, -0.05) is 12.1 Å². The van der Waals surface area contributed by atoms with Crippen LogP contribution in [0.25, 0.3) is 0 Å². The highest BCUT2D eigenvalue weighted by molar-refractivity contribution is 5.52. The normalized spacial score (nSPS) is 12.6. The van der Waals surface area contributed by atoms with Crippen LogP contribution in [0.15, 0.2) is 42.5 Å². The van der Waals surface area contributed by atoms with Crippen molar-refractivity contribution in [3.63, 3.8) is 0 Å². The molecule has 0 amide bonds. The van der Waals surface area contributed by atoms with Crippen molar-refractivity contribution < 1.29 is 27.8 Å². The van der Waals surface area contributed by atoms with Gasteiger partial charge in [0.1, 0.15) is 11.5 Å². The molecule has 4 nitrogen and oxygen atoms in total. The monoisotopic (exact) mass is 355 g/mol. The standard InChI is InChI=1S/C18H20F3NO3/c1-3-24-17-9-6-15(10-14(17)11-23)22-12(2)13-4-7-16(8-5-13)25-18(19,20)21/h4-10,12,22-23H,3,11H2,1-2H3. The Hall–Kier alpha value is -2.41. The number of benzene rings is 2. The molecule has 0 aromatic heterocycles. The van der Waals surface area contributed by atoms with E-state index in [0.29, 0.717) is 17.9 Å². The lowest BCUT2D eigenvalue weighted by Gasteiger charge is -2.18. The zero-order valence-corrected chi connectivity index (χ0v) is 13.9. The highest BCUT2D eigenvalue weighted by Gasteiger charge is 2.31. The SMILES string of the molecule is CCOc1ccc(NC(C)c2ccc(OC(F)(F)F)cc2)cc1CO. The molecule has 0 bridgehead atoms. The number of hydrogen-bond donors (Lipinski definition) is 2. The molecule has 2 N–H and O–H groups in total. The molecule has 0 aliphatic carbocycles. The minimum atomic E-state index is -4.70. The zero-order valence-electron chi connectivity index (χ0n) is 13.9. The number of hydrogen-bond acceptors (Lipinski definition) is 4. The molecule has 136 valence electrons. The number of rotatable bonds is 7. The maximum absolute atomic E-state index is 12.2. The van der Waals surface area contributed by atoms with Crippen LogP contribution in [0.3, 0.4) is 0 Å². The Labute approximate surface area is 144 Å². The summed E-state index contributed by atoms with van der Waals surface area (Å²) in [6, 6.07) is 10.9. The van der Waals surface area contributed by atoms with Crippen molar-refractivity contribution in [1.29, 1.82) is 0 Å². The molecule has 1 atom stereocenters. The minimum Gasteiger partial charge on any atom is -0.494 e. The predicted octanol–water partition coefficient (Wildman–Crippen LogP) is 4.65. The fraction of sp³-hybridized carbons (Fsp3) is 0.333. The van der Waals surface area contributed by atoms with Crippen molar-refractivity contribution in [2.75, 3.05) is 11.9 Å². The van der Waals surface area contributed by atoms with E-state index in [4.69, 9.17) is 4.74 Å². The molecule has 0 fully saturated rings. The van der Waals surface area contributed by atoms with Gasteiger partial charge < -0.3 is 19.9 Å². The van der Waals surface area contributed by atoms with Gasteiger partial charge in [-0.15, -0.1) is 13.2 Å². The van der Waals surface area contributed by atoms with Crippen molar-refractivity contribution in [3.05, 3.63) is 53.6 Å². The summed E-state index contributed by atoms with van der Waals surface area (Å²) in [5, 5.41) is 12.7. The second-order valence-electron chi connectivity index (χ2n) is 5.40. The number of ether oxygens (including phenoxy) is 2. The summed E-state index contributed by atoms with van der Waals surface area (Å²) in [7, 11) is 0. The third-order valence-corrected chi connectivity index (χ3v) is 3.53. The number of nitrogens with one attached hydrogen (secondary N) is 1. The predicted molar refractivity (Wildman–Crippen MR) is 88.7 cm³/mol. The Kier molecular flexibility index (Phi) is 6.14. The van der Waals surface area contributed by atoms with Crippen LogP contribution in [0.1, 0.15) is 31.0 Å². The molecular formula is C18H20F3NO3. The molecule has 2 aromatic rings. The molecule has 2 aromatic carbocycles. The molecule has 0 saturated heterocycles. The van der Waals surface area contributed by atoms with Crippen LogP contribution in [-0.2, 0) is 6.61 Å². The number of halogens is 3. The first-order valence-electron chi connectivity index (χ1n) is 7.81. The Morgan fingerprint density at radius 2 is 1.80 bits per heavy atom. The molecule has 0 saturated carbocycles. The van der Waals surface area contributed by atoms with E-state index in [1.165, 1.54) is 12.1 Å². The van der Waals surface area contributed by atoms with Gasteiger partial charge in [-0.05, 0) is 49.7 Å². The van der Waals surface area contributed by atoms with Crippen LogP contribution in [0.4, 0.5) is 18.9 Å². The minimum absolute atomic E-state index is 0.149. The number of alkyl halides is 3. The van der Waals surface area contributed by atoms with Gasteiger partial charge in [0.05, 0.1) is 13.2 Å². The first-order valence-corrected chi connectivity index (χ1v) is 7.81. The maximum atomic E-state index is 12.2. The van der Waals surface area contributed by atoms with Crippen molar-refractivity contribution in [2.45, 2.75) is 32.9 Å². The Bertz CT molecular complexity index is 687. The van der Waals surface area contributed by atoms with Crippen LogP contribution in [0.2, 0.25) is 0 Å². The van der Waals surface area contributed by atoms with Crippen molar-refractivity contribution in [2.24, 2.45) is 0 Å². The molecule has 25 heavy (non-hydrogen) atoms. The summed E-state index contributed by atoms with van der Waals surface area (Å²) in [4.78, 5) is 0. The zero-order chi connectivity index (χ0) is 18.4. The van der Waals surface area contributed by atoms with Gasteiger partial charge in [-0.25, -0.2) is 0 Å². The molecule has 0 aliphatic heterocycles. The first-order chi connectivity index (χ1) is 11.8. The van der Waals surface area contributed by atoms with Crippen LogP contribution in [-0.4, -0.2) is 18.1 Å². The Balaban J connectivity index is 2.07. The van der Waals surface area contributed by atoms with Crippen LogP contribution < -0.4 is 14.8 Å². The summed E-state index contributed by atoms with van der Waals surface area (Å²) < 4.78 is 45.8. The molecule has 0 radical (unpaired) electrons. The smallest absolute Gasteiger partial charge is 0.494 e. The first kappa shape index (κ1) is 18.9. The summed E-state index contributed by atoms with van der Waals surface area (Å²) in [5.41, 5.74) is 2.23. The van der Waals surface area contributed by atoms with E-state index in [-0.39, 0.29) is 18.4 Å². The lowest BCUT2D eigenvalue weighted by atomic mass is 10.1. The van der Waals surface area contributed by atoms with Crippen molar-refractivity contribution >= 4 is 5.69 Å². The van der Waals surface area contributed by atoms with Gasteiger partial charge in [0.2, 0.25) is 0 Å². The molecule has 0 heterocycles. The highest BCUT2D eigenvalue weighted by atomic mass is 19.4. The van der Waals surface area contributed by atoms with Gasteiger partial charge in [0.25, 0.3) is 0 Å². The summed E-state index contributed by atoms with van der Waals surface area (Å²) in [6.45, 7) is 4.10. The van der Waals surface area contributed by atoms with Gasteiger partial charge in [0.15, 0.2) is 0 Å². The molecular weight excluding hydrogens is 335 g/mol. The number of aliphatic hydroxyl groups is 1. The Morgan fingerprint density at radius 1 is 1.12 bits per heavy atom. The Morgan fingerprint density at radius 3 is 2.36 bits per heavy atom. The van der Waals surface area contributed by atoms with Crippen LogP contribution >= 0.6 is 0 Å². The van der Waals surface area contributed by atoms with E-state index < -0.39 is 6.36 Å². The van der Waals surface area contributed by atoms with Crippen LogP contribution in [0, 0.1) is 0 Å². The van der Waals surface area contributed by atoms with E-state index in [0.717, 1.165) is 11.3 Å². The fourth-order valence-electron chi connectivity index (χ4n) is 2.38. The van der Waals surface area contributed by atoms with Gasteiger partial charge in [-0.3, -0.25) is 0 Å². The molecule has 2 rings (SSSR count). The second-order valence-corrected chi connectivity index (χ2v) is 5.40. The van der Waals surface area contributed by atoms with Crippen LogP contribution in [0.5, 0.6) is 11.5 Å². The molecule has 1 unspecified atom stereocenters.